The number of hydroxylamine groups is 2. The van der Waals surface area contributed by atoms with E-state index in [0.29, 0.717) is 39.4 Å². The summed E-state index contributed by atoms with van der Waals surface area (Å²) >= 11 is 0. The van der Waals surface area contributed by atoms with Crippen LogP contribution in [-0.2, 0) is 28.6 Å². The molecule has 0 aromatic carbocycles. The molecule has 0 aliphatic rings. The van der Waals surface area contributed by atoms with Gasteiger partial charge in [-0.15, -0.1) is 31.4 Å². The second-order valence-electron chi connectivity index (χ2n) is 5.48. The SMILES string of the molecule is C=CCN(CC=C)OC(=O)COCCOCCOCC(=O)N(CC=C)CC=C. The first-order valence-electron chi connectivity index (χ1n) is 8.99. The van der Waals surface area contributed by atoms with Crippen molar-refractivity contribution in [2.75, 3.05) is 65.8 Å². The number of hydrogen-bond acceptors (Lipinski definition) is 7. The van der Waals surface area contributed by atoms with E-state index in [4.69, 9.17) is 19.0 Å². The van der Waals surface area contributed by atoms with Gasteiger partial charge in [-0.1, -0.05) is 24.3 Å². The van der Waals surface area contributed by atoms with Gasteiger partial charge in [-0.3, -0.25) is 4.79 Å². The van der Waals surface area contributed by atoms with Crippen LogP contribution < -0.4 is 0 Å². The average Bonchev–Trinajstić information content (AvgIpc) is 2.66. The Labute approximate surface area is 167 Å². The van der Waals surface area contributed by atoms with Crippen LogP contribution in [0.5, 0.6) is 0 Å². The Kier molecular flexibility index (Phi) is 16.7. The molecule has 0 N–H and O–H groups in total. The number of hydrogen-bond donors (Lipinski definition) is 0. The van der Waals surface area contributed by atoms with Crippen molar-refractivity contribution in [3.63, 3.8) is 0 Å². The zero-order valence-electron chi connectivity index (χ0n) is 16.6. The molecule has 0 heterocycles. The molecule has 0 rings (SSSR count). The lowest BCUT2D eigenvalue weighted by molar-refractivity contribution is -0.190. The van der Waals surface area contributed by atoms with Crippen molar-refractivity contribution in [2.24, 2.45) is 0 Å². The molecule has 0 aromatic heterocycles. The van der Waals surface area contributed by atoms with Crippen LogP contribution in [0.3, 0.4) is 0 Å². The number of carbonyl (C=O) groups is 2. The molecule has 0 spiro atoms. The van der Waals surface area contributed by atoms with Gasteiger partial charge in [-0.05, 0) is 0 Å². The fourth-order valence-corrected chi connectivity index (χ4v) is 1.94. The number of nitrogens with zero attached hydrogens (tertiary/aromatic N) is 2. The largest absolute Gasteiger partial charge is 0.377 e. The highest BCUT2D eigenvalue weighted by molar-refractivity contribution is 5.77. The van der Waals surface area contributed by atoms with E-state index in [0.717, 1.165) is 0 Å². The van der Waals surface area contributed by atoms with Gasteiger partial charge >= 0.3 is 5.97 Å². The Morgan fingerprint density at radius 2 is 1.14 bits per heavy atom. The summed E-state index contributed by atoms with van der Waals surface area (Å²) in [5.74, 6) is -0.641. The van der Waals surface area contributed by atoms with E-state index >= 15 is 0 Å². The molecule has 28 heavy (non-hydrogen) atoms. The fourth-order valence-electron chi connectivity index (χ4n) is 1.94. The van der Waals surface area contributed by atoms with Gasteiger partial charge in [-0.2, -0.15) is 0 Å². The van der Waals surface area contributed by atoms with Crippen LogP contribution in [0.15, 0.2) is 50.6 Å². The molecule has 158 valence electrons. The maximum atomic E-state index is 11.9. The average molecular weight is 396 g/mol. The minimum absolute atomic E-state index is 0.0285. The topological polar surface area (TPSA) is 77.5 Å². The van der Waals surface area contributed by atoms with E-state index in [1.165, 1.54) is 5.06 Å². The predicted molar refractivity (Wildman–Crippen MR) is 107 cm³/mol. The lowest BCUT2D eigenvalue weighted by Gasteiger charge is -2.19. The van der Waals surface area contributed by atoms with Gasteiger partial charge in [0.05, 0.1) is 39.5 Å². The smallest absolute Gasteiger partial charge is 0.350 e. The molecule has 0 unspecified atom stereocenters. The van der Waals surface area contributed by atoms with E-state index in [1.807, 2.05) is 0 Å². The van der Waals surface area contributed by atoms with E-state index in [2.05, 4.69) is 26.3 Å². The van der Waals surface area contributed by atoms with Crippen LogP contribution in [0.1, 0.15) is 0 Å². The van der Waals surface area contributed by atoms with Crippen LogP contribution in [0.4, 0.5) is 0 Å². The lowest BCUT2D eigenvalue weighted by atomic mass is 10.4. The zero-order chi connectivity index (χ0) is 21.0. The molecule has 0 fully saturated rings. The molecule has 0 saturated carbocycles. The molecule has 0 aliphatic heterocycles. The van der Waals surface area contributed by atoms with Crippen molar-refractivity contribution in [3.05, 3.63) is 50.6 Å². The molecule has 0 aromatic rings. The van der Waals surface area contributed by atoms with E-state index in [1.54, 1.807) is 29.2 Å². The second-order valence-corrected chi connectivity index (χ2v) is 5.48. The third kappa shape index (κ3) is 13.9. The van der Waals surface area contributed by atoms with E-state index in [9.17, 15) is 9.59 Å². The Morgan fingerprint density at radius 3 is 1.64 bits per heavy atom. The standard InChI is InChI=1S/C20H32N2O6/c1-5-9-21(10-6-2)19(23)17-26-15-13-25-14-16-27-18-20(24)28-22(11-7-3)12-8-4/h5-8H,1-4,9-18H2. The molecule has 0 atom stereocenters. The van der Waals surface area contributed by atoms with Crippen molar-refractivity contribution >= 4 is 11.9 Å². The Balaban J connectivity index is 3.68. The molecule has 0 saturated heterocycles. The molecule has 0 aliphatic carbocycles. The van der Waals surface area contributed by atoms with Gasteiger partial charge in [0.15, 0.2) is 0 Å². The molecular formula is C20H32N2O6. The first-order valence-corrected chi connectivity index (χ1v) is 8.99. The number of carbonyl (C=O) groups excluding carboxylic acids is 2. The first kappa shape index (κ1) is 25.7. The predicted octanol–water partition coefficient (Wildman–Crippen LogP) is 1.37. The summed E-state index contributed by atoms with van der Waals surface area (Å²) in [5.41, 5.74) is 0. The second kappa shape index (κ2) is 18.1. The first-order chi connectivity index (χ1) is 13.6. The number of ether oxygens (including phenoxy) is 3. The minimum Gasteiger partial charge on any atom is -0.377 e. The lowest BCUT2D eigenvalue weighted by Crippen LogP contribution is -2.34. The molecule has 8 nitrogen and oxygen atoms in total. The number of rotatable bonds is 19. The van der Waals surface area contributed by atoms with Gasteiger partial charge in [0.2, 0.25) is 5.91 Å². The maximum Gasteiger partial charge on any atom is 0.350 e. The van der Waals surface area contributed by atoms with Crippen LogP contribution in [0.2, 0.25) is 0 Å². The highest BCUT2D eigenvalue weighted by atomic mass is 16.7. The molecular weight excluding hydrogens is 364 g/mol. The van der Waals surface area contributed by atoms with Gasteiger partial charge in [-0.25, -0.2) is 4.79 Å². The van der Waals surface area contributed by atoms with E-state index in [-0.39, 0.29) is 32.3 Å². The normalized spacial score (nSPS) is 10.3. The maximum absolute atomic E-state index is 11.9. The molecule has 1 amide bonds. The minimum atomic E-state index is -0.505. The van der Waals surface area contributed by atoms with Crippen LogP contribution >= 0.6 is 0 Å². The molecule has 0 radical (unpaired) electrons. The fraction of sp³-hybridized carbons (Fsp3) is 0.500. The summed E-state index contributed by atoms with van der Waals surface area (Å²) in [4.78, 5) is 30.2. The van der Waals surface area contributed by atoms with Crippen LogP contribution in [-0.4, -0.2) is 87.7 Å². The summed E-state index contributed by atoms with van der Waals surface area (Å²) in [5, 5.41) is 1.42. The Morgan fingerprint density at radius 1 is 0.679 bits per heavy atom. The zero-order valence-corrected chi connectivity index (χ0v) is 16.6. The number of amides is 1. The van der Waals surface area contributed by atoms with Gasteiger partial charge < -0.3 is 23.9 Å². The van der Waals surface area contributed by atoms with Crippen molar-refractivity contribution in [2.45, 2.75) is 0 Å². The summed E-state index contributed by atoms with van der Waals surface area (Å²) < 4.78 is 15.8. The van der Waals surface area contributed by atoms with Gasteiger partial charge in [0.1, 0.15) is 13.2 Å². The highest BCUT2D eigenvalue weighted by Crippen LogP contribution is 1.94. The molecule has 0 bridgehead atoms. The third-order valence-corrected chi connectivity index (χ3v) is 3.14. The van der Waals surface area contributed by atoms with Crippen LogP contribution in [0, 0.1) is 0 Å². The summed E-state index contributed by atoms with van der Waals surface area (Å²) in [6, 6.07) is 0. The quantitative estimate of drug-likeness (QED) is 0.185. The van der Waals surface area contributed by atoms with Crippen LogP contribution in [0.25, 0.3) is 0 Å². The Hall–Kier alpha value is -2.26. The summed E-state index contributed by atoms with van der Waals surface area (Å²) in [6.07, 6.45) is 6.54. The van der Waals surface area contributed by atoms with Gasteiger partial charge in [0, 0.05) is 13.1 Å². The van der Waals surface area contributed by atoms with Crippen molar-refractivity contribution < 1.29 is 28.6 Å². The molecule has 8 heteroatoms. The summed E-state index contributed by atoms with van der Waals surface area (Å²) in [7, 11) is 0. The van der Waals surface area contributed by atoms with E-state index < -0.39 is 5.97 Å². The highest BCUT2D eigenvalue weighted by Gasteiger charge is 2.11. The van der Waals surface area contributed by atoms with Gasteiger partial charge in [0.25, 0.3) is 0 Å². The van der Waals surface area contributed by atoms with Crippen molar-refractivity contribution in [3.8, 4) is 0 Å². The van der Waals surface area contributed by atoms with Crippen molar-refractivity contribution in [1.82, 2.24) is 9.96 Å². The summed E-state index contributed by atoms with van der Waals surface area (Å²) in [6.45, 7) is 17.0. The Bertz CT molecular complexity index is 475. The third-order valence-electron chi connectivity index (χ3n) is 3.14. The van der Waals surface area contributed by atoms with Crippen molar-refractivity contribution in [1.29, 1.82) is 0 Å². The monoisotopic (exact) mass is 396 g/mol.